The van der Waals surface area contributed by atoms with Crippen LogP contribution in [0.2, 0.25) is 19.6 Å². The van der Waals surface area contributed by atoms with Crippen molar-refractivity contribution >= 4 is 14.1 Å². The zero-order valence-corrected chi connectivity index (χ0v) is 14.1. The van der Waals surface area contributed by atoms with Crippen LogP contribution in [0, 0.1) is 10.8 Å². The van der Waals surface area contributed by atoms with Crippen LogP contribution in [0.4, 0.5) is 0 Å². The summed E-state index contributed by atoms with van der Waals surface area (Å²) in [5.41, 5.74) is 2.19. The number of fused-ring (bicyclic) bond motifs is 1. The molecule has 0 heterocycles. The molecule has 0 aromatic rings. The van der Waals surface area contributed by atoms with E-state index in [0.29, 0.717) is 5.78 Å². The Bertz CT molecular complexity index is 466. The van der Waals surface area contributed by atoms with Crippen molar-refractivity contribution in [3.63, 3.8) is 0 Å². The molecule has 2 saturated carbocycles. The minimum atomic E-state index is -1.58. The van der Waals surface area contributed by atoms with Gasteiger partial charge >= 0.3 is 0 Å². The van der Waals surface area contributed by atoms with E-state index in [4.69, 9.17) is 4.43 Å². The summed E-state index contributed by atoms with van der Waals surface area (Å²) in [4.78, 5) is 12.4. The predicted octanol–water partition coefficient (Wildman–Crippen LogP) is 4.45. The van der Waals surface area contributed by atoms with Crippen LogP contribution in [0.3, 0.4) is 0 Å². The summed E-state index contributed by atoms with van der Waals surface area (Å²) in [5.74, 6) is 0.374. The van der Waals surface area contributed by atoms with Crippen LogP contribution >= 0.6 is 0 Å². The van der Waals surface area contributed by atoms with E-state index in [0.717, 1.165) is 19.3 Å². The van der Waals surface area contributed by atoms with E-state index in [-0.39, 0.29) is 10.8 Å². The number of hydrogen-bond donors (Lipinski definition) is 0. The molecule has 2 rings (SSSR count). The molecule has 3 heteroatoms. The Labute approximate surface area is 118 Å². The van der Waals surface area contributed by atoms with E-state index in [1.54, 1.807) is 0 Å². The van der Waals surface area contributed by atoms with Gasteiger partial charge in [-0.3, -0.25) is 4.79 Å². The smallest absolute Gasteiger partial charge is 0.241 e. The number of carbonyl (C=O) groups is 1. The highest BCUT2D eigenvalue weighted by molar-refractivity contribution is 6.69. The van der Waals surface area contributed by atoms with Gasteiger partial charge in [0.15, 0.2) is 0 Å². The monoisotopic (exact) mass is 278 g/mol. The van der Waals surface area contributed by atoms with Crippen LogP contribution in [0.1, 0.15) is 40.0 Å². The minimum Gasteiger partial charge on any atom is -0.550 e. The Morgan fingerprint density at radius 3 is 2.42 bits per heavy atom. The van der Waals surface area contributed by atoms with E-state index < -0.39 is 8.32 Å². The molecular formula is C16H26O2Si. The topological polar surface area (TPSA) is 26.3 Å². The van der Waals surface area contributed by atoms with Crippen LogP contribution in [-0.4, -0.2) is 14.1 Å². The Kier molecular flexibility index (Phi) is 3.33. The molecule has 0 spiro atoms. The van der Waals surface area contributed by atoms with Crippen molar-refractivity contribution in [3.05, 3.63) is 23.5 Å². The minimum absolute atomic E-state index is 0.121. The molecule has 0 saturated heterocycles. The highest BCUT2D eigenvalue weighted by Gasteiger charge is 2.66. The van der Waals surface area contributed by atoms with Gasteiger partial charge in [-0.05, 0) is 57.3 Å². The Balaban J connectivity index is 2.40. The van der Waals surface area contributed by atoms with Gasteiger partial charge < -0.3 is 4.43 Å². The van der Waals surface area contributed by atoms with Crippen LogP contribution < -0.4 is 0 Å². The van der Waals surface area contributed by atoms with E-state index in [1.165, 1.54) is 11.1 Å². The number of ketones is 1. The van der Waals surface area contributed by atoms with Gasteiger partial charge in [0.2, 0.25) is 8.32 Å². The van der Waals surface area contributed by atoms with Gasteiger partial charge in [-0.25, -0.2) is 0 Å². The molecule has 0 unspecified atom stereocenters. The highest BCUT2D eigenvalue weighted by Crippen LogP contribution is 2.67. The van der Waals surface area contributed by atoms with Crippen LogP contribution in [0.15, 0.2) is 23.5 Å². The number of Topliss-reactive ketones (excluding diaryl/α,β-unsaturated/α-hetero) is 1. The molecule has 0 aliphatic heterocycles. The largest absolute Gasteiger partial charge is 0.550 e. The number of carbonyl (C=O) groups excluding carboxylic acids is 1. The molecule has 0 aromatic heterocycles. The molecule has 19 heavy (non-hydrogen) atoms. The molecule has 0 N–H and O–H groups in total. The maximum atomic E-state index is 12.4. The first-order valence-corrected chi connectivity index (χ1v) is 10.6. The predicted molar refractivity (Wildman–Crippen MR) is 81.3 cm³/mol. The van der Waals surface area contributed by atoms with E-state index in [2.05, 4.69) is 46.5 Å². The fourth-order valence-corrected chi connectivity index (χ4v) is 4.00. The molecule has 2 atom stereocenters. The van der Waals surface area contributed by atoms with Gasteiger partial charge in [-0.1, -0.05) is 18.6 Å². The lowest BCUT2D eigenvalue weighted by Crippen LogP contribution is -2.54. The van der Waals surface area contributed by atoms with Crippen molar-refractivity contribution in [3.8, 4) is 0 Å². The summed E-state index contributed by atoms with van der Waals surface area (Å²) in [6.07, 6.45) is 6.93. The second-order valence-electron chi connectivity index (χ2n) is 7.56. The summed E-state index contributed by atoms with van der Waals surface area (Å²) >= 11 is 0. The molecule has 106 valence electrons. The first-order chi connectivity index (χ1) is 8.61. The molecule has 2 fully saturated rings. The second-order valence-corrected chi connectivity index (χ2v) is 12.0. The van der Waals surface area contributed by atoms with Gasteiger partial charge in [0.1, 0.15) is 5.78 Å². The lowest BCUT2D eigenvalue weighted by atomic mass is 9.50. The molecule has 0 aromatic carbocycles. The van der Waals surface area contributed by atoms with Gasteiger partial charge in [-0.2, -0.15) is 0 Å². The third-order valence-corrected chi connectivity index (χ3v) is 5.28. The summed E-state index contributed by atoms with van der Waals surface area (Å²) < 4.78 is 5.96. The van der Waals surface area contributed by atoms with Crippen LogP contribution in [0.25, 0.3) is 0 Å². The highest BCUT2D eigenvalue weighted by atomic mass is 28.4. The van der Waals surface area contributed by atoms with E-state index in [1.807, 2.05) is 6.26 Å². The Hall–Kier alpha value is -0.833. The van der Waals surface area contributed by atoms with Crippen LogP contribution in [0.5, 0.6) is 0 Å². The first-order valence-electron chi connectivity index (χ1n) is 7.17. The molecular weight excluding hydrogens is 252 g/mol. The van der Waals surface area contributed by atoms with Crippen molar-refractivity contribution in [2.24, 2.45) is 10.8 Å². The third-order valence-electron chi connectivity index (χ3n) is 4.46. The number of rotatable bonds is 3. The van der Waals surface area contributed by atoms with E-state index >= 15 is 0 Å². The fraction of sp³-hybridized carbons (Fsp3) is 0.688. The molecule has 2 aliphatic rings. The molecule has 2 nitrogen and oxygen atoms in total. The standard InChI is InChI=1S/C16H26O2Si/c1-12(2)9-16-13(11-18-19(4,5)6)7-8-15(16,3)10-14(16)17/h9,11H,7-8,10H2,1-6H3/b13-11+/t15-,16+/m0/s1. The van der Waals surface area contributed by atoms with Gasteiger partial charge in [0.25, 0.3) is 0 Å². The molecule has 0 amide bonds. The van der Waals surface area contributed by atoms with Gasteiger partial charge in [-0.15, -0.1) is 0 Å². The average molecular weight is 278 g/mol. The van der Waals surface area contributed by atoms with Gasteiger partial charge in [0, 0.05) is 6.42 Å². The van der Waals surface area contributed by atoms with Crippen molar-refractivity contribution in [2.75, 3.05) is 0 Å². The Morgan fingerprint density at radius 1 is 1.32 bits per heavy atom. The summed E-state index contributed by atoms with van der Waals surface area (Å²) in [6, 6.07) is 0. The summed E-state index contributed by atoms with van der Waals surface area (Å²) in [5, 5.41) is 0. The second kappa shape index (κ2) is 4.34. The SMILES string of the molecule is CC(C)=C[C@@]12C(=O)C[C@]1(C)CC/C2=C\O[Si](C)(C)C. The van der Waals surface area contributed by atoms with Crippen molar-refractivity contribution in [1.82, 2.24) is 0 Å². The first kappa shape index (κ1) is 14.6. The molecule has 2 aliphatic carbocycles. The van der Waals surface area contributed by atoms with E-state index in [9.17, 15) is 4.79 Å². The number of allylic oxidation sites excluding steroid dienone is 3. The lowest BCUT2D eigenvalue weighted by molar-refractivity contribution is -0.144. The fourth-order valence-electron chi connectivity index (χ4n) is 3.50. The van der Waals surface area contributed by atoms with Crippen molar-refractivity contribution in [2.45, 2.75) is 59.7 Å². The maximum absolute atomic E-state index is 12.4. The summed E-state index contributed by atoms with van der Waals surface area (Å²) in [7, 11) is -1.58. The average Bonchev–Trinajstić information content (AvgIpc) is 2.44. The van der Waals surface area contributed by atoms with Crippen LogP contribution in [-0.2, 0) is 9.22 Å². The third kappa shape index (κ3) is 2.22. The lowest BCUT2D eigenvalue weighted by Gasteiger charge is -2.51. The number of hydrogen-bond acceptors (Lipinski definition) is 2. The Morgan fingerprint density at radius 2 is 1.95 bits per heavy atom. The maximum Gasteiger partial charge on any atom is 0.241 e. The molecule has 0 bridgehead atoms. The molecule has 0 radical (unpaired) electrons. The quantitative estimate of drug-likeness (QED) is 0.433. The zero-order valence-electron chi connectivity index (χ0n) is 13.1. The summed E-state index contributed by atoms with van der Waals surface area (Å²) in [6.45, 7) is 12.9. The van der Waals surface area contributed by atoms with Crippen molar-refractivity contribution < 1.29 is 9.22 Å². The zero-order chi connectivity index (χ0) is 14.5. The normalized spacial score (nSPS) is 35.9. The van der Waals surface area contributed by atoms with Gasteiger partial charge in [0.05, 0.1) is 11.7 Å². The van der Waals surface area contributed by atoms with Crippen molar-refractivity contribution in [1.29, 1.82) is 0 Å².